The van der Waals surface area contributed by atoms with Crippen LogP contribution < -0.4 is 25.4 Å². The molecule has 19 nitrogen and oxygen atoms in total. The highest BCUT2D eigenvalue weighted by atomic mass is 79.9. The van der Waals surface area contributed by atoms with Gasteiger partial charge in [-0.3, -0.25) is 14.4 Å². The quantitative estimate of drug-likeness (QED) is 0.0275. The van der Waals surface area contributed by atoms with Gasteiger partial charge < -0.3 is 64.2 Å². The molecule has 2 aliphatic heterocycles. The van der Waals surface area contributed by atoms with E-state index in [4.69, 9.17) is 28.4 Å². The largest absolute Gasteiger partial charge is 0.494 e. The lowest BCUT2D eigenvalue weighted by Crippen LogP contribution is -2.54. The van der Waals surface area contributed by atoms with E-state index >= 15 is 0 Å². The molecule has 84 heavy (non-hydrogen) atoms. The molecule has 3 atom stereocenters. The Morgan fingerprint density at radius 2 is 1.54 bits per heavy atom. The van der Waals surface area contributed by atoms with Crippen molar-refractivity contribution in [3.63, 3.8) is 0 Å². The Balaban J connectivity index is 0.638. The number of carbonyl (C=O) groups excluding carboxylic acids is 3. The molecule has 1 aliphatic carbocycles. The number of rotatable bonds is 36. The van der Waals surface area contributed by atoms with Crippen LogP contribution in [0.15, 0.2) is 89.5 Å². The Morgan fingerprint density at radius 1 is 0.857 bits per heavy atom. The topological polar surface area (TPSA) is 211 Å². The van der Waals surface area contributed by atoms with E-state index in [0.29, 0.717) is 110 Å². The molecule has 2 fully saturated rings. The molecule has 3 aliphatic rings. The Morgan fingerprint density at radius 3 is 2.19 bits per heavy atom. The molecule has 3 amide bonds. The van der Waals surface area contributed by atoms with Crippen LogP contribution in [0.25, 0.3) is 16.1 Å². The highest BCUT2D eigenvalue weighted by Crippen LogP contribution is 2.37. The summed E-state index contributed by atoms with van der Waals surface area (Å²) >= 11 is 5.09. The number of likely N-dealkylation sites (tertiary alicyclic amines) is 1. The number of thiazole rings is 1. The van der Waals surface area contributed by atoms with Crippen LogP contribution in [-0.2, 0) is 46.4 Å². The average Bonchev–Trinajstić information content (AvgIpc) is 3.19. The summed E-state index contributed by atoms with van der Waals surface area (Å²) in [5, 5.41) is 20.5. The van der Waals surface area contributed by atoms with E-state index in [1.54, 1.807) is 22.4 Å². The lowest BCUT2D eigenvalue weighted by molar-refractivity contribution is -0.143. The monoisotopic (exact) mass is 1240 g/mol. The molecule has 0 spiro atoms. The summed E-state index contributed by atoms with van der Waals surface area (Å²) in [5.74, 6) is 2.47. The van der Waals surface area contributed by atoms with Crippen molar-refractivity contribution >= 4 is 68.1 Å². The first-order valence-electron chi connectivity index (χ1n) is 29.6. The number of hydrogen-bond donors (Lipinski definition) is 4. The number of ether oxygens (including phenoxy) is 6. The number of halogens is 1. The maximum Gasteiger partial charge on any atom is 0.246 e. The smallest absolute Gasteiger partial charge is 0.246 e. The number of fused-ring (bicyclic) bond motifs is 1. The van der Waals surface area contributed by atoms with Crippen LogP contribution >= 0.6 is 27.3 Å². The van der Waals surface area contributed by atoms with Crippen molar-refractivity contribution in [3.8, 4) is 21.9 Å². The van der Waals surface area contributed by atoms with Gasteiger partial charge in [0, 0.05) is 133 Å². The van der Waals surface area contributed by atoms with Crippen LogP contribution in [0.1, 0.15) is 94.0 Å². The predicted molar refractivity (Wildman–Crippen MR) is 330 cm³/mol. The van der Waals surface area contributed by atoms with Gasteiger partial charge in [0.2, 0.25) is 23.7 Å². The Bertz CT molecular complexity index is 2910. The third-order valence-corrected chi connectivity index (χ3v) is 16.8. The van der Waals surface area contributed by atoms with Crippen molar-refractivity contribution in [2.75, 3.05) is 103 Å². The predicted octanol–water partition coefficient (Wildman–Crippen LogP) is 9.65. The second-order valence-corrected chi connectivity index (χ2v) is 23.6. The highest BCUT2D eigenvalue weighted by Gasteiger charge is 2.45. The third kappa shape index (κ3) is 18.4. The van der Waals surface area contributed by atoms with E-state index in [-0.39, 0.29) is 49.1 Å². The molecule has 5 aromatic rings. The highest BCUT2D eigenvalue weighted by molar-refractivity contribution is 9.10. The number of hydrogen-bond acceptors (Lipinski definition) is 17. The molecule has 1 saturated carbocycles. The molecule has 0 unspecified atom stereocenters. The molecule has 1 saturated heterocycles. The standard InChI is InChI=1S/C63H84BrN9O10S/c1-43(2)57(72-40-49-14-6-7-17-53(49)45(72)4)62(77)73-41-51(74)37-55(73)60(75)66-38-48-19-18-47(58-44(3)68-42-84-58)36-56(48)83-33-13-31-79-27-11-29-81-35-34-80-28-10-26-78-30-12-32-82-52-22-20-50(21-23-52)69-63-67-39-54(64)59(70-63)65-24-9-25-71(5)61(76)46-15-8-16-46/h6-7,14,17-23,36,39,42-43,46,51,55,57,74H,4,8-13,15-16,24-35,37-38,40-41H2,1-3,5H3,(H,66,75)(H2,65,67,69,70)/t51-,55+,57+/m1/s1. The summed E-state index contributed by atoms with van der Waals surface area (Å²) < 4.78 is 36.2. The van der Waals surface area contributed by atoms with Crippen LogP contribution in [0.2, 0.25) is 0 Å². The van der Waals surface area contributed by atoms with Gasteiger partial charge in [-0.1, -0.05) is 63.2 Å². The zero-order valence-electron chi connectivity index (χ0n) is 49.2. The Kier molecular flexibility index (Phi) is 25.0. The zero-order valence-corrected chi connectivity index (χ0v) is 51.6. The number of aliphatic hydroxyl groups excluding tert-OH is 1. The van der Waals surface area contributed by atoms with E-state index in [0.717, 1.165) is 99.4 Å². The number of carbonyl (C=O) groups is 3. The van der Waals surface area contributed by atoms with Gasteiger partial charge >= 0.3 is 0 Å². The van der Waals surface area contributed by atoms with Gasteiger partial charge in [0.25, 0.3) is 0 Å². The lowest BCUT2D eigenvalue weighted by atomic mass is 9.84. The number of nitrogens with zero attached hydrogens (tertiary/aromatic N) is 6. The number of β-amino-alcohol motifs (C(OH)–C–C–N with tert-alkyl or cyclic N) is 1. The van der Waals surface area contributed by atoms with Crippen molar-refractivity contribution in [2.45, 2.75) is 110 Å². The van der Waals surface area contributed by atoms with Gasteiger partial charge in [0.15, 0.2) is 0 Å². The molecule has 8 rings (SSSR count). The number of amides is 3. The molecular formula is C63H84BrN9O10S. The minimum absolute atomic E-state index is 0.0649. The van der Waals surface area contributed by atoms with Crippen molar-refractivity contribution in [1.29, 1.82) is 0 Å². The number of aromatic nitrogens is 3. The first-order chi connectivity index (χ1) is 40.8. The summed E-state index contributed by atoms with van der Waals surface area (Å²) in [6.45, 7) is 18.0. The van der Waals surface area contributed by atoms with Gasteiger partial charge in [0.05, 0.1) is 53.1 Å². The van der Waals surface area contributed by atoms with Crippen LogP contribution in [0.5, 0.6) is 11.5 Å². The Hall–Kier alpha value is -6.20. The Labute approximate surface area is 507 Å². The van der Waals surface area contributed by atoms with E-state index in [1.165, 1.54) is 0 Å². The number of nitrogens with one attached hydrogen (secondary N) is 3. The van der Waals surface area contributed by atoms with Crippen LogP contribution in [0.4, 0.5) is 17.5 Å². The molecule has 4 heterocycles. The average molecular weight is 1240 g/mol. The maximum absolute atomic E-state index is 14.4. The second-order valence-electron chi connectivity index (χ2n) is 21.9. The van der Waals surface area contributed by atoms with Crippen molar-refractivity contribution in [1.82, 2.24) is 35.0 Å². The summed E-state index contributed by atoms with van der Waals surface area (Å²) in [6, 6.07) is 20.3. The minimum Gasteiger partial charge on any atom is -0.494 e. The summed E-state index contributed by atoms with van der Waals surface area (Å²) in [6.07, 6.45) is 8.04. The third-order valence-electron chi connectivity index (χ3n) is 15.2. The molecule has 0 bridgehead atoms. The first-order valence-corrected chi connectivity index (χ1v) is 31.3. The fourth-order valence-corrected chi connectivity index (χ4v) is 11.5. The number of benzene rings is 3. The number of aliphatic hydroxyl groups is 1. The molecule has 0 radical (unpaired) electrons. The second kappa shape index (κ2) is 32.9. The summed E-state index contributed by atoms with van der Waals surface area (Å²) in [7, 11) is 1.88. The SMILES string of the molecule is C=C1c2ccccc2CN1[C@H](C(=O)N1C[C@H](O)C[C@H]1C(=O)NCc1ccc(-c2scnc2C)cc1OCCCOCCCOCCOCCCOCCCOc1ccc(Nc2ncc(Br)c(NCCCN(C)C(=O)C3CCC3)n2)cc1)C(C)C. The first kappa shape index (κ1) is 63.8. The fourth-order valence-electron chi connectivity index (χ4n) is 10.4. The zero-order chi connectivity index (χ0) is 59.2. The van der Waals surface area contributed by atoms with Gasteiger partial charge in [-0.05, 0) is 102 Å². The maximum atomic E-state index is 14.4. The number of aryl methyl sites for hydroxylation is 1. The molecule has 454 valence electrons. The van der Waals surface area contributed by atoms with Crippen molar-refractivity contribution < 1.29 is 47.9 Å². The molecule has 4 N–H and O–H groups in total. The normalized spacial score (nSPS) is 16.2. The molecule has 3 aromatic carbocycles. The minimum atomic E-state index is -0.818. The summed E-state index contributed by atoms with van der Waals surface area (Å²) in [4.78, 5) is 60.7. The molecule has 2 aromatic heterocycles. The molecule has 21 heteroatoms. The fraction of sp³-hybridized carbons (Fsp3) is 0.524. The van der Waals surface area contributed by atoms with Gasteiger partial charge in [-0.25, -0.2) is 9.97 Å². The van der Waals surface area contributed by atoms with Crippen LogP contribution in [-0.4, -0.2) is 163 Å². The molecular weight excluding hydrogens is 1150 g/mol. The van der Waals surface area contributed by atoms with Gasteiger partial charge in [-0.15, -0.1) is 11.3 Å². The van der Waals surface area contributed by atoms with Crippen LogP contribution in [0, 0.1) is 18.8 Å². The number of anilines is 3. The lowest BCUT2D eigenvalue weighted by Gasteiger charge is -2.36. The summed E-state index contributed by atoms with van der Waals surface area (Å²) in [5.41, 5.74) is 8.29. The van der Waals surface area contributed by atoms with Gasteiger partial charge in [-0.2, -0.15) is 4.98 Å². The van der Waals surface area contributed by atoms with E-state index in [2.05, 4.69) is 59.5 Å². The van der Waals surface area contributed by atoms with E-state index in [1.807, 2.05) is 104 Å². The van der Waals surface area contributed by atoms with E-state index < -0.39 is 18.2 Å². The van der Waals surface area contributed by atoms with Crippen molar-refractivity contribution in [3.05, 3.63) is 112 Å². The van der Waals surface area contributed by atoms with Gasteiger partial charge in [0.1, 0.15) is 29.4 Å². The van der Waals surface area contributed by atoms with E-state index in [9.17, 15) is 19.5 Å². The van der Waals surface area contributed by atoms with Crippen molar-refractivity contribution in [2.24, 2.45) is 11.8 Å². The van der Waals surface area contributed by atoms with Crippen LogP contribution in [0.3, 0.4) is 0 Å².